The molecule has 0 spiro atoms. The van der Waals surface area contributed by atoms with Gasteiger partial charge in [-0.3, -0.25) is 4.90 Å². The van der Waals surface area contributed by atoms with Crippen LogP contribution in [0.15, 0.2) is 27.3 Å². The van der Waals surface area contributed by atoms with Crippen molar-refractivity contribution in [2.24, 2.45) is 0 Å². The SMILES string of the molecule is CN(C)C(=O)N1CCN(Cc2nc(-c3ccco3)no2)CC1. The van der Waals surface area contributed by atoms with E-state index in [-0.39, 0.29) is 6.03 Å². The smallest absolute Gasteiger partial charge is 0.319 e. The molecule has 0 unspecified atom stereocenters. The minimum atomic E-state index is 0.0533. The second kappa shape index (κ2) is 6.18. The Labute approximate surface area is 128 Å². The third-order valence-electron chi connectivity index (χ3n) is 3.59. The van der Waals surface area contributed by atoms with Crippen LogP contribution in [-0.2, 0) is 6.54 Å². The summed E-state index contributed by atoms with van der Waals surface area (Å²) in [6, 6.07) is 3.63. The van der Waals surface area contributed by atoms with Crippen molar-refractivity contribution in [3.8, 4) is 11.6 Å². The number of carbonyl (C=O) groups is 1. The quantitative estimate of drug-likeness (QED) is 0.846. The van der Waals surface area contributed by atoms with E-state index in [1.807, 2.05) is 4.90 Å². The number of carbonyl (C=O) groups excluding carboxylic acids is 1. The second-order valence-electron chi connectivity index (χ2n) is 5.43. The maximum atomic E-state index is 11.9. The lowest BCUT2D eigenvalue weighted by Crippen LogP contribution is -2.51. The molecule has 0 atom stereocenters. The highest BCUT2D eigenvalue weighted by Gasteiger charge is 2.23. The first-order valence-corrected chi connectivity index (χ1v) is 7.18. The lowest BCUT2D eigenvalue weighted by molar-refractivity contribution is 0.113. The third kappa shape index (κ3) is 3.11. The maximum Gasteiger partial charge on any atom is 0.319 e. The van der Waals surface area contributed by atoms with Crippen molar-refractivity contribution in [1.82, 2.24) is 24.8 Å². The molecule has 3 rings (SSSR count). The van der Waals surface area contributed by atoms with E-state index >= 15 is 0 Å². The van der Waals surface area contributed by atoms with E-state index in [2.05, 4.69) is 15.0 Å². The van der Waals surface area contributed by atoms with E-state index in [4.69, 9.17) is 8.94 Å². The molecule has 2 amide bonds. The number of rotatable bonds is 3. The van der Waals surface area contributed by atoms with Gasteiger partial charge in [0.2, 0.25) is 11.7 Å². The van der Waals surface area contributed by atoms with E-state index < -0.39 is 0 Å². The summed E-state index contributed by atoms with van der Waals surface area (Å²) < 4.78 is 10.5. The average Bonchev–Trinajstić information content (AvgIpc) is 3.18. The molecule has 0 aliphatic carbocycles. The van der Waals surface area contributed by atoms with Crippen LogP contribution >= 0.6 is 0 Å². The highest BCUT2D eigenvalue weighted by molar-refractivity contribution is 5.73. The molecule has 1 aliphatic heterocycles. The minimum absolute atomic E-state index is 0.0533. The largest absolute Gasteiger partial charge is 0.461 e. The van der Waals surface area contributed by atoms with Crippen LogP contribution in [-0.4, -0.2) is 71.1 Å². The third-order valence-corrected chi connectivity index (χ3v) is 3.59. The zero-order chi connectivity index (χ0) is 15.5. The van der Waals surface area contributed by atoms with E-state index in [0.29, 0.717) is 37.1 Å². The van der Waals surface area contributed by atoms with Gasteiger partial charge in [-0.15, -0.1) is 0 Å². The summed E-state index contributed by atoms with van der Waals surface area (Å²) in [5.41, 5.74) is 0. The van der Waals surface area contributed by atoms with Crippen LogP contribution in [0.1, 0.15) is 5.89 Å². The summed E-state index contributed by atoms with van der Waals surface area (Å²) in [5.74, 6) is 1.61. The predicted octanol–water partition coefficient (Wildman–Crippen LogP) is 1.13. The van der Waals surface area contributed by atoms with Crippen LogP contribution < -0.4 is 0 Å². The van der Waals surface area contributed by atoms with Crippen LogP contribution in [0, 0.1) is 0 Å². The minimum Gasteiger partial charge on any atom is -0.461 e. The van der Waals surface area contributed by atoms with E-state index in [9.17, 15) is 4.79 Å². The maximum absolute atomic E-state index is 11.9. The second-order valence-corrected chi connectivity index (χ2v) is 5.43. The van der Waals surface area contributed by atoms with Gasteiger partial charge in [0.05, 0.1) is 12.8 Å². The number of hydrogen-bond donors (Lipinski definition) is 0. The van der Waals surface area contributed by atoms with Gasteiger partial charge in [-0.1, -0.05) is 5.16 Å². The Morgan fingerprint density at radius 2 is 2.09 bits per heavy atom. The molecule has 8 heteroatoms. The normalized spacial score (nSPS) is 16.0. The molecule has 0 N–H and O–H groups in total. The zero-order valence-corrected chi connectivity index (χ0v) is 12.7. The molecule has 0 aromatic carbocycles. The van der Waals surface area contributed by atoms with Gasteiger partial charge in [-0.2, -0.15) is 4.98 Å². The Kier molecular flexibility index (Phi) is 4.10. The van der Waals surface area contributed by atoms with E-state index in [1.54, 1.807) is 37.4 Å². The molecule has 2 aromatic heterocycles. The highest BCUT2D eigenvalue weighted by atomic mass is 16.5. The van der Waals surface area contributed by atoms with Crippen molar-refractivity contribution >= 4 is 6.03 Å². The average molecular weight is 305 g/mol. The van der Waals surface area contributed by atoms with Gasteiger partial charge in [0, 0.05) is 40.3 Å². The van der Waals surface area contributed by atoms with Crippen molar-refractivity contribution in [3.63, 3.8) is 0 Å². The molecule has 1 saturated heterocycles. The Bertz CT molecular complexity index is 614. The van der Waals surface area contributed by atoms with Crippen molar-refractivity contribution in [1.29, 1.82) is 0 Å². The van der Waals surface area contributed by atoms with Gasteiger partial charge in [0.15, 0.2) is 5.76 Å². The van der Waals surface area contributed by atoms with Gasteiger partial charge < -0.3 is 18.7 Å². The van der Waals surface area contributed by atoms with Gasteiger partial charge in [-0.05, 0) is 12.1 Å². The van der Waals surface area contributed by atoms with Crippen LogP contribution in [0.2, 0.25) is 0 Å². The Hall–Kier alpha value is -2.35. The molecule has 22 heavy (non-hydrogen) atoms. The molecule has 8 nitrogen and oxygen atoms in total. The summed E-state index contributed by atoms with van der Waals surface area (Å²) in [4.78, 5) is 21.8. The Balaban J connectivity index is 1.54. The van der Waals surface area contributed by atoms with Crippen molar-refractivity contribution in [2.75, 3.05) is 40.3 Å². The molecule has 118 valence electrons. The summed E-state index contributed by atoms with van der Waals surface area (Å²) in [7, 11) is 3.53. The molecule has 1 aliphatic rings. The van der Waals surface area contributed by atoms with Crippen molar-refractivity contribution in [3.05, 3.63) is 24.3 Å². The first-order chi connectivity index (χ1) is 10.6. The van der Waals surface area contributed by atoms with Crippen LogP contribution in [0.3, 0.4) is 0 Å². The lowest BCUT2D eigenvalue weighted by atomic mass is 10.3. The summed E-state index contributed by atoms with van der Waals surface area (Å²) in [5, 5.41) is 3.91. The number of piperazine rings is 1. The highest BCUT2D eigenvalue weighted by Crippen LogP contribution is 2.17. The molecular weight excluding hydrogens is 286 g/mol. The standard InChI is InChI=1S/C14H19N5O3/c1-17(2)14(20)19-7-5-18(6-8-19)10-12-15-13(16-22-12)11-4-3-9-21-11/h3-4,9H,5-8,10H2,1-2H3. The molecule has 3 heterocycles. The molecule has 0 bridgehead atoms. The Morgan fingerprint density at radius 1 is 1.32 bits per heavy atom. The summed E-state index contributed by atoms with van der Waals surface area (Å²) in [6.45, 7) is 3.57. The Morgan fingerprint density at radius 3 is 2.73 bits per heavy atom. The van der Waals surface area contributed by atoms with Crippen molar-refractivity contribution in [2.45, 2.75) is 6.54 Å². The van der Waals surface area contributed by atoms with Gasteiger partial charge >= 0.3 is 6.03 Å². The van der Waals surface area contributed by atoms with Gasteiger partial charge in [0.25, 0.3) is 0 Å². The molecule has 0 saturated carbocycles. The topological polar surface area (TPSA) is 78.9 Å². The first-order valence-electron chi connectivity index (χ1n) is 7.18. The van der Waals surface area contributed by atoms with E-state index in [1.165, 1.54) is 0 Å². The molecule has 1 fully saturated rings. The first kappa shape index (κ1) is 14.6. The summed E-state index contributed by atoms with van der Waals surface area (Å²) >= 11 is 0. The number of amides is 2. The predicted molar refractivity (Wildman–Crippen MR) is 77.9 cm³/mol. The number of furan rings is 1. The zero-order valence-electron chi connectivity index (χ0n) is 12.7. The number of aromatic nitrogens is 2. The monoisotopic (exact) mass is 305 g/mol. The fraction of sp³-hybridized carbons (Fsp3) is 0.500. The van der Waals surface area contributed by atoms with Gasteiger partial charge in [0.1, 0.15) is 0 Å². The van der Waals surface area contributed by atoms with Gasteiger partial charge in [-0.25, -0.2) is 4.79 Å². The number of urea groups is 1. The summed E-state index contributed by atoms with van der Waals surface area (Å²) in [6.07, 6.45) is 1.58. The van der Waals surface area contributed by atoms with E-state index in [0.717, 1.165) is 13.1 Å². The lowest BCUT2D eigenvalue weighted by Gasteiger charge is -2.35. The number of hydrogen-bond acceptors (Lipinski definition) is 6. The van der Waals surface area contributed by atoms with Crippen LogP contribution in [0.4, 0.5) is 4.79 Å². The molecule has 2 aromatic rings. The molecule has 0 radical (unpaired) electrons. The molecular formula is C14H19N5O3. The van der Waals surface area contributed by atoms with Crippen molar-refractivity contribution < 1.29 is 13.7 Å². The number of nitrogens with zero attached hydrogens (tertiary/aromatic N) is 5. The fourth-order valence-corrected chi connectivity index (χ4v) is 2.40. The van der Waals surface area contributed by atoms with Crippen LogP contribution in [0.5, 0.6) is 0 Å². The van der Waals surface area contributed by atoms with Crippen LogP contribution in [0.25, 0.3) is 11.6 Å². The fourth-order valence-electron chi connectivity index (χ4n) is 2.40.